The Hall–Kier alpha value is -1.08. The molecule has 4 nitrogen and oxygen atoms in total. The first-order chi connectivity index (χ1) is 8.72. The van der Waals surface area contributed by atoms with Crippen molar-refractivity contribution in [1.29, 1.82) is 5.26 Å². The Labute approximate surface area is 109 Å². The molecule has 0 spiro atoms. The van der Waals surface area contributed by atoms with E-state index in [1.54, 1.807) is 0 Å². The molecule has 1 amide bonds. The fraction of sp³-hybridized carbons (Fsp3) is 0.857. The molecule has 0 aromatic heterocycles. The summed E-state index contributed by atoms with van der Waals surface area (Å²) in [6, 6.07) is 2.28. The molecule has 1 unspecified atom stereocenters. The summed E-state index contributed by atoms with van der Waals surface area (Å²) in [5.74, 6) is 0.770. The molecule has 0 aromatic rings. The Morgan fingerprint density at radius 3 is 2.94 bits per heavy atom. The molecule has 2 aliphatic rings. The summed E-state index contributed by atoms with van der Waals surface area (Å²) in [6.07, 6.45) is 4.97. The van der Waals surface area contributed by atoms with Crippen LogP contribution in [0.1, 0.15) is 39.0 Å². The van der Waals surface area contributed by atoms with Crippen LogP contribution in [0.5, 0.6) is 0 Å². The summed E-state index contributed by atoms with van der Waals surface area (Å²) < 4.78 is 5.50. The van der Waals surface area contributed by atoms with Crippen LogP contribution in [-0.2, 0) is 9.53 Å². The van der Waals surface area contributed by atoms with Crippen molar-refractivity contribution < 1.29 is 9.53 Å². The van der Waals surface area contributed by atoms with E-state index in [0.29, 0.717) is 25.0 Å². The van der Waals surface area contributed by atoms with Crippen LogP contribution in [0.15, 0.2) is 0 Å². The monoisotopic (exact) mass is 250 g/mol. The fourth-order valence-corrected chi connectivity index (χ4v) is 2.90. The SMILES string of the molecule is CCOC1CC(CC(=O)N2CCCC(C#N)C2)C1. The second kappa shape index (κ2) is 6.19. The van der Waals surface area contributed by atoms with Crippen LogP contribution < -0.4 is 0 Å². The van der Waals surface area contributed by atoms with Gasteiger partial charge in [0.15, 0.2) is 0 Å². The van der Waals surface area contributed by atoms with Gasteiger partial charge in [0, 0.05) is 26.1 Å². The van der Waals surface area contributed by atoms with Crippen LogP contribution in [0.4, 0.5) is 0 Å². The Morgan fingerprint density at radius 2 is 2.28 bits per heavy atom. The maximum atomic E-state index is 12.1. The van der Waals surface area contributed by atoms with E-state index in [2.05, 4.69) is 6.07 Å². The van der Waals surface area contributed by atoms with Gasteiger partial charge in [-0.3, -0.25) is 4.79 Å². The van der Waals surface area contributed by atoms with Gasteiger partial charge in [0.25, 0.3) is 0 Å². The highest BCUT2D eigenvalue weighted by Gasteiger charge is 2.33. The summed E-state index contributed by atoms with van der Waals surface area (Å²) in [5, 5.41) is 8.92. The van der Waals surface area contributed by atoms with Crippen LogP contribution in [0.3, 0.4) is 0 Å². The molecule has 2 fully saturated rings. The van der Waals surface area contributed by atoms with Crippen molar-refractivity contribution in [3.8, 4) is 6.07 Å². The zero-order valence-corrected chi connectivity index (χ0v) is 11.1. The van der Waals surface area contributed by atoms with Crippen molar-refractivity contribution in [2.45, 2.75) is 45.1 Å². The first-order valence-corrected chi connectivity index (χ1v) is 7.02. The number of amides is 1. The molecule has 1 saturated heterocycles. The number of carbonyl (C=O) groups is 1. The predicted molar refractivity (Wildman–Crippen MR) is 67.7 cm³/mol. The quantitative estimate of drug-likeness (QED) is 0.766. The summed E-state index contributed by atoms with van der Waals surface area (Å²) in [4.78, 5) is 14.0. The van der Waals surface area contributed by atoms with Gasteiger partial charge in [-0.1, -0.05) is 0 Å². The lowest BCUT2D eigenvalue weighted by atomic mass is 9.79. The Bertz CT molecular complexity index is 331. The van der Waals surface area contributed by atoms with Crippen LogP contribution in [0, 0.1) is 23.2 Å². The van der Waals surface area contributed by atoms with Crippen LogP contribution in [0.2, 0.25) is 0 Å². The number of nitrogens with zero attached hydrogens (tertiary/aromatic N) is 2. The molecule has 1 heterocycles. The molecule has 0 aromatic carbocycles. The largest absolute Gasteiger partial charge is 0.378 e. The van der Waals surface area contributed by atoms with Crippen molar-refractivity contribution >= 4 is 5.91 Å². The van der Waals surface area contributed by atoms with Crippen molar-refractivity contribution in [1.82, 2.24) is 4.90 Å². The van der Waals surface area contributed by atoms with Gasteiger partial charge in [0.05, 0.1) is 18.1 Å². The van der Waals surface area contributed by atoms with Crippen LogP contribution in [-0.4, -0.2) is 36.6 Å². The van der Waals surface area contributed by atoms with Gasteiger partial charge in [-0.15, -0.1) is 0 Å². The van der Waals surface area contributed by atoms with Crippen molar-refractivity contribution in [3.05, 3.63) is 0 Å². The standard InChI is InChI=1S/C14H22N2O2/c1-2-18-13-6-12(7-13)8-14(17)16-5-3-4-11(9-15)10-16/h11-13H,2-8,10H2,1H3. The molecule has 4 heteroatoms. The molecule has 1 saturated carbocycles. The molecule has 1 aliphatic heterocycles. The average molecular weight is 250 g/mol. The molecule has 0 N–H and O–H groups in total. The van der Waals surface area contributed by atoms with Crippen LogP contribution in [0.25, 0.3) is 0 Å². The lowest BCUT2D eigenvalue weighted by Gasteiger charge is -2.37. The predicted octanol–water partition coefficient (Wildman–Crippen LogP) is 1.95. The second-order valence-electron chi connectivity index (χ2n) is 5.43. The molecular weight excluding hydrogens is 228 g/mol. The first kappa shape index (κ1) is 13.4. The molecule has 2 rings (SSSR count). The smallest absolute Gasteiger partial charge is 0.222 e. The zero-order valence-electron chi connectivity index (χ0n) is 11.1. The van der Waals surface area contributed by atoms with Crippen molar-refractivity contribution in [2.75, 3.05) is 19.7 Å². The van der Waals surface area contributed by atoms with Gasteiger partial charge in [0.1, 0.15) is 0 Å². The lowest BCUT2D eigenvalue weighted by molar-refractivity contribution is -0.135. The summed E-state index contributed by atoms with van der Waals surface area (Å²) in [5.41, 5.74) is 0. The topological polar surface area (TPSA) is 53.3 Å². The van der Waals surface area contributed by atoms with Gasteiger partial charge < -0.3 is 9.64 Å². The number of piperidine rings is 1. The number of likely N-dealkylation sites (tertiary alicyclic amines) is 1. The Balaban J connectivity index is 1.71. The Morgan fingerprint density at radius 1 is 1.50 bits per heavy atom. The van der Waals surface area contributed by atoms with E-state index in [4.69, 9.17) is 10.00 Å². The van der Waals surface area contributed by atoms with Gasteiger partial charge in [-0.2, -0.15) is 5.26 Å². The third kappa shape index (κ3) is 3.23. The van der Waals surface area contributed by atoms with E-state index >= 15 is 0 Å². The molecule has 0 bridgehead atoms. The van der Waals surface area contributed by atoms with Crippen molar-refractivity contribution in [2.24, 2.45) is 11.8 Å². The van der Waals surface area contributed by atoms with Gasteiger partial charge in [-0.25, -0.2) is 0 Å². The summed E-state index contributed by atoms with van der Waals surface area (Å²) >= 11 is 0. The van der Waals surface area contributed by atoms with E-state index in [1.165, 1.54) is 0 Å². The number of hydrogen-bond acceptors (Lipinski definition) is 3. The molecule has 1 aliphatic carbocycles. The number of rotatable bonds is 4. The van der Waals surface area contributed by atoms with Crippen LogP contribution >= 0.6 is 0 Å². The maximum absolute atomic E-state index is 12.1. The van der Waals surface area contributed by atoms with E-state index < -0.39 is 0 Å². The third-order valence-electron chi connectivity index (χ3n) is 4.01. The van der Waals surface area contributed by atoms with Gasteiger partial charge in [0.2, 0.25) is 5.91 Å². The van der Waals surface area contributed by atoms with E-state index in [1.807, 2.05) is 11.8 Å². The number of nitriles is 1. The lowest BCUT2D eigenvalue weighted by Crippen LogP contribution is -2.42. The highest BCUT2D eigenvalue weighted by Crippen LogP contribution is 2.33. The molecular formula is C14H22N2O2. The zero-order chi connectivity index (χ0) is 13.0. The van der Waals surface area contributed by atoms with E-state index in [0.717, 1.165) is 38.8 Å². The maximum Gasteiger partial charge on any atom is 0.222 e. The number of hydrogen-bond donors (Lipinski definition) is 0. The highest BCUT2D eigenvalue weighted by molar-refractivity contribution is 5.76. The fourth-order valence-electron chi connectivity index (χ4n) is 2.90. The minimum absolute atomic E-state index is 0.0419. The average Bonchev–Trinajstić information content (AvgIpc) is 2.36. The summed E-state index contributed by atoms with van der Waals surface area (Å²) in [6.45, 7) is 4.24. The molecule has 18 heavy (non-hydrogen) atoms. The minimum atomic E-state index is 0.0419. The second-order valence-corrected chi connectivity index (χ2v) is 5.43. The highest BCUT2D eigenvalue weighted by atomic mass is 16.5. The third-order valence-corrected chi connectivity index (χ3v) is 4.01. The van der Waals surface area contributed by atoms with Gasteiger partial charge >= 0.3 is 0 Å². The van der Waals surface area contributed by atoms with E-state index in [-0.39, 0.29) is 11.8 Å². The van der Waals surface area contributed by atoms with Gasteiger partial charge in [-0.05, 0) is 38.5 Å². The Kier molecular flexibility index (Phi) is 4.60. The number of carbonyl (C=O) groups excluding carboxylic acids is 1. The molecule has 0 radical (unpaired) electrons. The van der Waals surface area contributed by atoms with Crippen molar-refractivity contribution in [3.63, 3.8) is 0 Å². The first-order valence-electron chi connectivity index (χ1n) is 7.02. The molecule has 100 valence electrons. The van der Waals surface area contributed by atoms with E-state index in [9.17, 15) is 4.79 Å². The minimum Gasteiger partial charge on any atom is -0.378 e. The normalized spacial score (nSPS) is 31.6. The summed E-state index contributed by atoms with van der Waals surface area (Å²) in [7, 11) is 0. The molecule has 1 atom stereocenters. The number of ether oxygens (including phenoxy) is 1.